The molecule has 1 saturated heterocycles. The van der Waals surface area contributed by atoms with Gasteiger partial charge in [0.1, 0.15) is 0 Å². The Hall–Kier alpha value is -0.660. The second kappa shape index (κ2) is 7.07. The molecule has 0 unspecified atom stereocenters. The number of benzene rings is 1. The lowest BCUT2D eigenvalue weighted by Gasteiger charge is -2.33. The number of hydrogen-bond donors (Lipinski definition) is 1. The first-order valence-electron chi connectivity index (χ1n) is 6.98. The van der Waals surface area contributed by atoms with Crippen LogP contribution in [0.2, 0.25) is 5.02 Å². The minimum atomic E-state index is -3.51. The van der Waals surface area contributed by atoms with Crippen molar-refractivity contribution in [2.75, 3.05) is 32.8 Å². The van der Waals surface area contributed by atoms with E-state index in [4.69, 9.17) is 16.3 Å². The monoisotopic (exact) mass is 332 g/mol. The third kappa shape index (κ3) is 4.40. The number of ether oxygens (including phenoxy) is 1. The third-order valence-corrected chi connectivity index (χ3v) is 5.52. The molecule has 1 aliphatic heterocycles. The van der Waals surface area contributed by atoms with Crippen molar-refractivity contribution in [3.63, 3.8) is 0 Å². The molecule has 5 nitrogen and oxygen atoms in total. The maximum Gasteiger partial charge on any atom is 0.240 e. The first kappa shape index (κ1) is 16.7. The summed E-state index contributed by atoms with van der Waals surface area (Å²) in [5.74, 6) is 0. The van der Waals surface area contributed by atoms with E-state index in [-0.39, 0.29) is 4.90 Å². The molecule has 1 N–H and O–H groups in total. The Labute approximate surface area is 131 Å². The fraction of sp³-hybridized carbons (Fsp3) is 0.571. The molecule has 1 aromatic carbocycles. The molecule has 0 saturated carbocycles. The molecule has 2 rings (SSSR count). The molecule has 1 atom stereocenters. The van der Waals surface area contributed by atoms with Gasteiger partial charge in [0, 0.05) is 30.7 Å². The van der Waals surface area contributed by atoms with E-state index in [0.29, 0.717) is 37.4 Å². The van der Waals surface area contributed by atoms with E-state index in [9.17, 15) is 8.42 Å². The number of halogens is 1. The lowest BCUT2D eigenvalue weighted by Crippen LogP contribution is -2.46. The van der Waals surface area contributed by atoms with Crippen LogP contribution in [-0.4, -0.2) is 52.2 Å². The van der Waals surface area contributed by atoms with Crippen molar-refractivity contribution < 1.29 is 13.2 Å². The molecule has 1 fully saturated rings. The Bertz CT molecular complexity index is 592. The summed E-state index contributed by atoms with van der Waals surface area (Å²) in [5.41, 5.74) is 0.859. The lowest BCUT2D eigenvalue weighted by molar-refractivity contribution is 0.000989. The van der Waals surface area contributed by atoms with Crippen LogP contribution in [0.4, 0.5) is 0 Å². The minimum Gasteiger partial charge on any atom is -0.379 e. The van der Waals surface area contributed by atoms with Gasteiger partial charge in [0.05, 0.1) is 18.1 Å². The van der Waals surface area contributed by atoms with Crippen molar-refractivity contribution in [2.45, 2.75) is 24.8 Å². The van der Waals surface area contributed by atoms with Gasteiger partial charge in [-0.15, -0.1) is 0 Å². The highest BCUT2D eigenvalue weighted by molar-refractivity contribution is 7.89. The molecule has 7 heteroatoms. The average Bonchev–Trinajstić information content (AvgIpc) is 2.44. The summed E-state index contributed by atoms with van der Waals surface area (Å²) in [6.07, 6.45) is 0. The van der Waals surface area contributed by atoms with E-state index in [1.807, 2.05) is 6.92 Å². The molecular formula is C14H21ClN2O3S. The molecule has 0 spiro atoms. The van der Waals surface area contributed by atoms with Gasteiger partial charge in [0.15, 0.2) is 0 Å². The van der Waals surface area contributed by atoms with Gasteiger partial charge in [-0.3, -0.25) is 4.90 Å². The zero-order valence-corrected chi connectivity index (χ0v) is 13.9. The van der Waals surface area contributed by atoms with Crippen LogP contribution in [0.5, 0.6) is 0 Å². The number of hydrogen-bond acceptors (Lipinski definition) is 4. The normalized spacial score (nSPS) is 20.6. The number of morpholine rings is 1. The number of aryl methyl sites for hydroxylation is 1. The van der Waals surface area contributed by atoms with Gasteiger partial charge in [-0.05, 0) is 31.5 Å². The third-order valence-electron chi connectivity index (χ3n) is 3.65. The average molecular weight is 333 g/mol. The molecule has 118 valence electrons. The van der Waals surface area contributed by atoms with Crippen LogP contribution in [0.15, 0.2) is 23.1 Å². The molecule has 1 aliphatic rings. The van der Waals surface area contributed by atoms with Crippen molar-refractivity contribution in [1.29, 1.82) is 0 Å². The van der Waals surface area contributed by atoms with Crippen molar-refractivity contribution >= 4 is 21.6 Å². The summed E-state index contributed by atoms with van der Waals surface area (Å²) in [6, 6.07) is 5.08. The van der Waals surface area contributed by atoms with Gasteiger partial charge in [-0.1, -0.05) is 17.7 Å². The summed E-state index contributed by atoms with van der Waals surface area (Å²) < 4.78 is 32.4. The number of rotatable bonds is 5. The van der Waals surface area contributed by atoms with E-state index in [2.05, 4.69) is 16.5 Å². The van der Waals surface area contributed by atoms with Crippen molar-refractivity contribution in [1.82, 2.24) is 9.62 Å². The predicted octanol–water partition coefficient (Wildman–Crippen LogP) is 1.65. The van der Waals surface area contributed by atoms with E-state index in [1.54, 1.807) is 12.1 Å². The molecule has 0 aliphatic carbocycles. The molecule has 0 radical (unpaired) electrons. The smallest absolute Gasteiger partial charge is 0.240 e. The Balaban J connectivity index is 1.93. The van der Waals surface area contributed by atoms with Crippen molar-refractivity contribution in [2.24, 2.45) is 0 Å². The van der Waals surface area contributed by atoms with Gasteiger partial charge >= 0.3 is 0 Å². The SMILES string of the molecule is Cc1ccc(S(=O)(=O)NCCN2CCOC[C@@H]2C)cc1Cl. The Morgan fingerprint density at radius 2 is 2.24 bits per heavy atom. The van der Waals surface area contributed by atoms with Gasteiger partial charge in [-0.2, -0.15) is 0 Å². The fourth-order valence-corrected chi connectivity index (χ4v) is 3.53. The van der Waals surface area contributed by atoms with E-state index in [0.717, 1.165) is 12.1 Å². The number of nitrogens with zero attached hydrogens (tertiary/aromatic N) is 1. The summed E-state index contributed by atoms with van der Waals surface area (Å²) in [7, 11) is -3.51. The van der Waals surface area contributed by atoms with Crippen LogP contribution in [0.3, 0.4) is 0 Å². The van der Waals surface area contributed by atoms with Crippen molar-refractivity contribution in [3.05, 3.63) is 28.8 Å². The van der Waals surface area contributed by atoms with Crippen LogP contribution < -0.4 is 4.72 Å². The quantitative estimate of drug-likeness (QED) is 0.890. The second-order valence-corrected chi connectivity index (χ2v) is 7.44. The Kier molecular flexibility index (Phi) is 5.62. The first-order valence-corrected chi connectivity index (χ1v) is 8.84. The highest BCUT2D eigenvalue weighted by atomic mass is 35.5. The molecule has 0 bridgehead atoms. The summed E-state index contributed by atoms with van der Waals surface area (Å²) in [4.78, 5) is 2.42. The predicted molar refractivity (Wildman–Crippen MR) is 83.2 cm³/mol. The summed E-state index contributed by atoms with van der Waals surface area (Å²) >= 11 is 5.98. The standard InChI is InChI=1S/C14H21ClN2O3S/c1-11-3-4-13(9-14(11)15)21(18,19)16-5-6-17-7-8-20-10-12(17)2/h3-4,9,12,16H,5-8,10H2,1-2H3/t12-/m0/s1. The van der Waals surface area contributed by atoms with E-state index >= 15 is 0 Å². The van der Waals surface area contributed by atoms with Gasteiger partial charge in [-0.25, -0.2) is 13.1 Å². The van der Waals surface area contributed by atoms with Gasteiger partial charge in [0.2, 0.25) is 10.0 Å². The zero-order chi connectivity index (χ0) is 15.5. The van der Waals surface area contributed by atoms with E-state index in [1.165, 1.54) is 6.07 Å². The Morgan fingerprint density at radius 3 is 2.90 bits per heavy atom. The lowest BCUT2D eigenvalue weighted by atomic mass is 10.2. The van der Waals surface area contributed by atoms with Gasteiger partial charge in [0.25, 0.3) is 0 Å². The molecule has 0 amide bonds. The maximum absolute atomic E-state index is 12.2. The maximum atomic E-state index is 12.2. The molecule has 21 heavy (non-hydrogen) atoms. The second-order valence-electron chi connectivity index (χ2n) is 5.27. The highest BCUT2D eigenvalue weighted by Gasteiger charge is 2.20. The van der Waals surface area contributed by atoms with E-state index < -0.39 is 10.0 Å². The zero-order valence-electron chi connectivity index (χ0n) is 12.3. The summed E-state index contributed by atoms with van der Waals surface area (Å²) in [5, 5.41) is 0.458. The van der Waals surface area contributed by atoms with Crippen LogP contribution in [-0.2, 0) is 14.8 Å². The largest absolute Gasteiger partial charge is 0.379 e. The molecule has 1 aromatic rings. The van der Waals surface area contributed by atoms with Crippen LogP contribution in [0.1, 0.15) is 12.5 Å². The van der Waals surface area contributed by atoms with Gasteiger partial charge < -0.3 is 4.74 Å². The van der Waals surface area contributed by atoms with Crippen LogP contribution in [0.25, 0.3) is 0 Å². The van der Waals surface area contributed by atoms with Crippen LogP contribution >= 0.6 is 11.6 Å². The number of nitrogens with one attached hydrogen (secondary N) is 1. The molecule has 1 heterocycles. The first-order chi connectivity index (χ1) is 9.90. The van der Waals surface area contributed by atoms with Crippen molar-refractivity contribution in [3.8, 4) is 0 Å². The topological polar surface area (TPSA) is 58.6 Å². The fourth-order valence-electron chi connectivity index (χ4n) is 2.24. The highest BCUT2D eigenvalue weighted by Crippen LogP contribution is 2.19. The minimum absolute atomic E-state index is 0.202. The van der Waals surface area contributed by atoms with Crippen LogP contribution in [0, 0.1) is 6.92 Å². The molecule has 0 aromatic heterocycles. The molecular weight excluding hydrogens is 312 g/mol. The number of sulfonamides is 1. The summed E-state index contributed by atoms with van der Waals surface area (Å²) in [6.45, 7) is 7.19. The Morgan fingerprint density at radius 1 is 1.48 bits per heavy atom.